The van der Waals surface area contributed by atoms with Crippen LogP contribution in [0.25, 0.3) is 0 Å². The SMILES string of the molecule is O=C1c2c(Br)c(Cl)c(Cl)c(Br)c2C(=O)N1c1ccccc1. The normalized spacial score (nSPS) is 13.8. The van der Waals surface area contributed by atoms with Crippen LogP contribution >= 0.6 is 55.1 Å². The van der Waals surface area contributed by atoms with Crippen molar-refractivity contribution < 1.29 is 9.59 Å². The van der Waals surface area contributed by atoms with Gasteiger partial charge in [-0.05, 0) is 44.0 Å². The minimum atomic E-state index is -0.438. The molecule has 2 aromatic carbocycles. The molecule has 0 N–H and O–H groups in total. The van der Waals surface area contributed by atoms with Crippen molar-refractivity contribution in [2.24, 2.45) is 0 Å². The highest BCUT2D eigenvalue weighted by Gasteiger charge is 2.41. The molecular weight excluding hydrogens is 445 g/mol. The maximum Gasteiger partial charge on any atom is 0.267 e. The lowest BCUT2D eigenvalue weighted by Crippen LogP contribution is -2.29. The van der Waals surface area contributed by atoms with E-state index in [4.69, 9.17) is 23.2 Å². The summed E-state index contributed by atoms with van der Waals surface area (Å²) >= 11 is 18.7. The Bertz CT molecular complexity index is 747. The number of carbonyl (C=O) groups is 2. The highest BCUT2D eigenvalue weighted by molar-refractivity contribution is 9.11. The number of amides is 2. The number of halogens is 4. The molecule has 106 valence electrons. The maximum absolute atomic E-state index is 12.6. The summed E-state index contributed by atoms with van der Waals surface area (Å²) in [5.41, 5.74) is 0.921. The molecule has 0 saturated carbocycles. The molecule has 0 bridgehead atoms. The Morgan fingerprint density at radius 3 is 1.67 bits per heavy atom. The molecule has 1 aliphatic rings. The van der Waals surface area contributed by atoms with Crippen molar-refractivity contribution in [3.05, 3.63) is 60.4 Å². The van der Waals surface area contributed by atoms with Crippen molar-refractivity contribution >= 4 is 72.6 Å². The third kappa shape index (κ3) is 2.14. The first kappa shape index (κ1) is 15.0. The molecule has 1 aliphatic heterocycles. The average molecular weight is 450 g/mol. The molecule has 0 spiro atoms. The van der Waals surface area contributed by atoms with E-state index in [1.54, 1.807) is 30.3 Å². The number of fused-ring (bicyclic) bond motifs is 1. The van der Waals surface area contributed by atoms with Gasteiger partial charge in [0.1, 0.15) is 0 Å². The lowest BCUT2D eigenvalue weighted by atomic mass is 10.1. The van der Waals surface area contributed by atoms with E-state index in [9.17, 15) is 9.59 Å². The predicted octanol–water partition coefficient (Wildman–Crippen LogP) is 5.32. The molecule has 3 rings (SSSR count). The highest BCUT2D eigenvalue weighted by atomic mass is 79.9. The van der Waals surface area contributed by atoms with Crippen LogP contribution in [0.1, 0.15) is 20.7 Å². The molecule has 21 heavy (non-hydrogen) atoms. The van der Waals surface area contributed by atoms with Gasteiger partial charge in [-0.3, -0.25) is 9.59 Å². The summed E-state index contributed by atoms with van der Waals surface area (Å²) < 4.78 is 0.647. The van der Waals surface area contributed by atoms with Gasteiger partial charge in [-0.15, -0.1) is 0 Å². The molecule has 0 atom stereocenters. The van der Waals surface area contributed by atoms with Crippen LogP contribution in [-0.2, 0) is 0 Å². The fourth-order valence-corrected chi connectivity index (χ4v) is 3.90. The van der Waals surface area contributed by atoms with E-state index in [0.29, 0.717) is 14.6 Å². The van der Waals surface area contributed by atoms with Crippen LogP contribution in [-0.4, -0.2) is 11.8 Å². The zero-order valence-corrected chi connectivity index (χ0v) is 14.8. The van der Waals surface area contributed by atoms with Gasteiger partial charge >= 0.3 is 0 Å². The lowest BCUT2D eigenvalue weighted by molar-refractivity contribution is 0.0926. The first-order chi connectivity index (χ1) is 9.95. The van der Waals surface area contributed by atoms with Crippen LogP contribution < -0.4 is 4.90 Å². The van der Waals surface area contributed by atoms with Crippen LogP contribution in [0.15, 0.2) is 39.3 Å². The third-order valence-electron chi connectivity index (χ3n) is 3.12. The number of carbonyl (C=O) groups excluding carboxylic acids is 2. The monoisotopic (exact) mass is 447 g/mol. The second kappa shape index (κ2) is 5.39. The standard InChI is InChI=1S/C14H5Br2Cl2NO2/c15-9-7-8(10(16)12(18)11(9)17)14(21)19(13(7)20)6-4-2-1-3-5-6/h1-5H. The topological polar surface area (TPSA) is 37.4 Å². The number of hydrogen-bond acceptors (Lipinski definition) is 2. The average Bonchev–Trinajstić information content (AvgIpc) is 2.75. The second-order valence-electron chi connectivity index (χ2n) is 4.29. The van der Waals surface area contributed by atoms with Crippen molar-refractivity contribution in [3.8, 4) is 0 Å². The summed E-state index contributed by atoms with van der Waals surface area (Å²) in [5, 5.41) is 0.386. The van der Waals surface area contributed by atoms with E-state index >= 15 is 0 Å². The minimum absolute atomic E-state index is 0.193. The summed E-state index contributed by atoms with van der Waals surface area (Å²) in [4.78, 5) is 26.3. The lowest BCUT2D eigenvalue weighted by Gasteiger charge is -2.13. The van der Waals surface area contributed by atoms with E-state index in [1.807, 2.05) is 0 Å². The molecule has 0 aromatic heterocycles. The predicted molar refractivity (Wildman–Crippen MR) is 89.4 cm³/mol. The quantitative estimate of drug-likeness (QED) is 0.336. The summed E-state index contributed by atoms with van der Waals surface area (Å²) in [6.07, 6.45) is 0. The number of para-hydroxylation sites is 1. The fourth-order valence-electron chi connectivity index (χ4n) is 2.16. The number of nitrogens with zero attached hydrogens (tertiary/aromatic N) is 1. The molecule has 2 amide bonds. The van der Waals surface area contributed by atoms with Gasteiger partial charge < -0.3 is 0 Å². The first-order valence-corrected chi connectivity index (χ1v) is 8.09. The number of anilines is 1. The number of imide groups is 1. The Balaban J connectivity index is 2.27. The highest BCUT2D eigenvalue weighted by Crippen LogP contribution is 2.45. The third-order valence-corrected chi connectivity index (χ3v) is 6.01. The van der Waals surface area contributed by atoms with Crippen molar-refractivity contribution in [3.63, 3.8) is 0 Å². The van der Waals surface area contributed by atoms with Gasteiger partial charge in [0.2, 0.25) is 0 Å². The van der Waals surface area contributed by atoms with Gasteiger partial charge in [0.05, 0.1) is 35.8 Å². The van der Waals surface area contributed by atoms with Crippen LogP contribution in [0, 0.1) is 0 Å². The Hall–Kier alpha value is -0.880. The summed E-state index contributed by atoms with van der Waals surface area (Å²) in [6, 6.07) is 8.69. The van der Waals surface area contributed by atoms with Gasteiger partial charge in [0.15, 0.2) is 0 Å². The number of benzene rings is 2. The van der Waals surface area contributed by atoms with Crippen LogP contribution in [0.4, 0.5) is 5.69 Å². The van der Waals surface area contributed by atoms with E-state index in [1.165, 1.54) is 0 Å². The molecule has 7 heteroatoms. The Morgan fingerprint density at radius 1 is 0.810 bits per heavy atom. The van der Waals surface area contributed by atoms with Gasteiger partial charge in [0, 0.05) is 0 Å². The molecule has 2 aromatic rings. The Morgan fingerprint density at radius 2 is 1.24 bits per heavy atom. The largest absolute Gasteiger partial charge is 0.268 e. The molecule has 0 fully saturated rings. The van der Waals surface area contributed by atoms with Gasteiger partial charge in [-0.25, -0.2) is 4.90 Å². The number of rotatable bonds is 1. The van der Waals surface area contributed by atoms with Crippen LogP contribution in [0.2, 0.25) is 10.0 Å². The van der Waals surface area contributed by atoms with Gasteiger partial charge in [-0.2, -0.15) is 0 Å². The first-order valence-electron chi connectivity index (χ1n) is 5.75. The molecule has 0 unspecified atom stereocenters. The maximum atomic E-state index is 12.6. The summed E-state index contributed by atoms with van der Waals surface area (Å²) in [6.45, 7) is 0. The Kier molecular flexibility index (Phi) is 3.86. The van der Waals surface area contributed by atoms with Crippen molar-refractivity contribution in [2.75, 3.05) is 4.90 Å². The van der Waals surface area contributed by atoms with Crippen LogP contribution in [0.5, 0.6) is 0 Å². The van der Waals surface area contributed by atoms with Gasteiger partial charge in [0.25, 0.3) is 11.8 Å². The van der Waals surface area contributed by atoms with E-state index in [2.05, 4.69) is 31.9 Å². The second-order valence-corrected chi connectivity index (χ2v) is 6.63. The van der Waals surface area contributed by atoms with E-state index < -0.39 is 11.8 Å². The smallest absolute Gasteiger partial charge is 0.267 e. The Labute approximate surface area is 147 Å². The zero-order chi connectivity index (χ0) is 15.3. The zero-order valence-electron chi connectivity index (χ0n) is 10.2. The molecule has 0 saturated heterocycles. The number of hydrogen-bond donors (Lipinski definition) is 0. The van der Waals surface area contributed by atoms with Gasteiger partial charge in [-0.1, -0.05) is 41.4 Å². The molecular formula is C14H5Br2Cl2NO2. The van der Waals surface area contributed by atoms with E-state index in [-0.39, 0.29) is 21.2 Å². The summed E-state index contributed by atoms with van der Waals surface area (Å²) in [5.74, 6) is -0.875. The van der Waals surface area contributed by atoms with E-state index in [0.717, 1.165) is 4.90 Å². The fraction of sp³-hybridized carbons (Fsp3) is 0. The van der Waals surface area contributed by atoms with Crippen LogP contribution in [0.3, 0.4) is 0 Å². The van der Waals surface area contributed by atoms with Crippen molar-refractivity contribution in [1.29, 1.82) is 0 Å². The molecule has 3 nitrogen and oxygen atoms in total. The molecule has 1 heterocycles. The van der Waals surface area contributed by atoms with Crippen molar-refractivity contribution in [2.45, 2.75) is 0 Å². The minimum Gasteiger partial charge on any atom is -0.268 e. The summed E-state index contributed by atoms with van der Waals surface area (Å²) in [7, 11) is 0. The van der Waals surface area contributed by atoms with Crippen molar-refractivity contribution in [1.82, 2.24) is 0 Å². The molecule has 0 aliphatic carbocycles. The molecule has 0 radical (unpaired) electrons.